The Kier molecular flexibility index (Phi) is 4.07. The first-order valence-electron chi connectivity index (χ1n) is 6.40. The Morgan fingerprint density at radius 1 is 1.43 bits per heavy atom. The molecule has 0 radical (unpaired) electrons. The molecule has 3 rings (SSSR count). The first-order chi connectivity index (χ1) is 10.1. The summed E-state index contributed by atoms with van der Waals surface area (Å²) in [6, 6.07) is 3.14. The van der Waals surface area contributed by atoms with Crippen molar-refractivity contribution < 1.29 is 14.0 Å². The summed E-state index contributed by atoms with van der Waals surface area (Å²) in [4.78, 5) is 27.8. The lowest BCUT2D eigenvalue weighted by atomic mass is 10.3. The van der Waals surface area contributed by atoms with Crippen molar-refractivity contribution in [2.75, 3.05) is 11.9 Å². The Balaban J connectivity index is 1.48. The van der Waals surface area contributed by atoms with E-state index in [0.717, 1.165) is 5.69 Å². The van der Waals surface area contributed by atoms with Crippen LogP contribution < -0.4 is 10.6 Å². The van der Waals surface area contributed by atoms with Crippen LogP contribution >= 0.6 is 27.3 Å². The van der Waals surface area contributed by atoms with Crippen LogP contribution in [-0.4, -0.2) is 23.3 Å². The average Bonchev–Trinajstić information content (AvgIpc) is 3.06. The van der Waals surface area contributed by atoms with Gasteiger partial charge in [0.05, 0.1) is 12.2 Å². The average molecular weight is 370 g/mol. The van der Waals surface area contributed by atoms with Crippen molar-refractivity contribution in [3.8, 4) is 0 Å². The summed E-state index contributed by atoms with van der Waals surface area (Å²) in [5.74, 6) is -0.0386. The molecular formula is C13H12BrN3O3S. The lowest BCUT2D eigenvalue weighted by Crippen LogP contribution is -2.32. The summed E-state index contributed by atoms with van der Waals surface area (Å²) in [7, 11) is 0. The van der Waals surface area contributed by atoms with E-state index in [1.54, 1.807) is 6.07 Å². The maximum Gasteiger partial charge on any atom is 0.287 e. The summed E-state index contributed by atoms with van der Waals surface area (Å²) in [5.41, 5.74) is 1.04. The fraction of sp³-hybridized carbons (Fsp3) is 0.308. The summed E-state index contributed by atoms with van der Waals surface area (Å²) in [5, 5.41) is 7.69. The van der Waals surface area contributed by atoms with Crippen molar-refractivity contribution in [3.63, 3.8) is 0 Å². The topological polar surface area (TPSA) is 84.2 Å². The Bertz CT molecular complexity index is 678. The molecule has 8 heteroatoms. The van der Waals surface area contributed by atoms with Gasteiger partial charge in [-0.3, -0.25) is 9.59 Å². The fourth-order valence-corrected chi connectivity index (χ4v) is 2.87. The third-order valence-electron chi connectivity index (χ3n) is 2.97. The number of furan rings is 1. The van der Waals surface area contributed by atoms with Crippen molar-refractivity contribution >= 4 is 44.2 Å². The number of hydrogen-bond acceptors (Lipinski definition) is 5. The van der Waals surface area contributed by atoms with E-state index in [4.69, 9.17) is 4.42 Å². The number of halogens is 1. The Hall–Kier alpha value is -1.67. The zero-order valence-electron chi connectivity index (χ0n) is 10.9. The van der Waals surface area contributed by atoms with Crippen LogP contribution in [-0.2, 0) is 4.79 Å². The molecule has 1 fully saturated rings. The number of carbonyl (C=O) groups excluding carboxylic acids is 2. The minimum absolute atomic E-state index is 0.129. The van der Waals surface area contributed by atoms with E-state index in [9.17, 15) is 9.59 Å². The number of hydrogen-bond donors (Lipinski definition) is 2. The van der Waals surface area contributed by atoms with Gasteiger partial charge in [-0.25, -0.2) is 4.98 Å². The van der Waals surface area contributed by atoms with Crippen molar-refractivity contribution in [3.05, 3.63) is 33.6 Å². The van der Waals surface area contributed by atoms with Crippen LogP contribution in [0.5, 0.6) is 0 Å². The van der Waals surface area contributed by atoms with E-state index >= 15 is 0 Å². The molecular weight excluding hydrogens is 358 g/mol. The van der Waals surface area contributed by atoms with Gasteiger partial charge >= 0.3 is 0 Å². The second-order valence-corrected chi connectivity index (χ2v) is 6.33. The molecule has 1 saturated carbocycles. The van der Waals surface area contributed by atoms with Gasteiger partial charge in [0.25, 0.3) is 5.91 Å². The van der Waals surface area contributed by atoms with E-state index in [0.29, 0.717) is 15.7 Å². The number of nitrogens with zero attached hydrogens (tertiary/aromatic N) is 1. The molecule has 2 amide bonds. The normalized spacial score (nSPS) is 14.0. The minimum atomic E-state index is -0.436. The summed E-state index contributed by atoms with van der Waals surface area (Å²) in [6.45, 7) is -0.129. The second kappa shape index (κ2) is 5.98. The second-order valence-electron chi connectivity index (χ2n) is 4.69. The number of thiazole rings is 1. The van der Waals surface area contributed by atoms with Gasteiger partial charge in [0.15, 0.2) is 15.6 Å². The van der Waals surface area contributed by atoms with Crippen LogP contribution in [0.1, 0.15) is 35.0 Å². The van der Waals surface area contributed by atoms with Crippen LogP contribution in [0.4, 0.5) is 5.13 Å². The molecule has 0 atom stereocenters. The highest BCUT2D eigenvalue weighted by molar-refractivity contribution is 9.10. The van der Waals surface area contributed by atoms with Crippen LogP contribution in [0.3, 0.4) is 0 Å². The third kappa shape index (κ3) is 3.70. The molecule has 0 aromatic carbocycles. The van der Waals surface area contributed by atoms with Crippen LogP contribution in [0, 0.1) is 0 Å². The molecule has 2 aromatic heterocycles. The van der Waals surface area contributed by atoms with E-state index in [2.05, 4.69) is 31.5 Å². The van der Waals surface area contributed by atoms with Crippen molar-refractivity contribution in [2.24, 2.45) is 0 Å². The molecule has 1 aliphatic rings. The Labute approximate surface area is 133 Å². The number of nitrogens with one attached hydrogen (secondary N) is 2. The van der Waals surface area contributed by atoms with Gasteiger partial charge in [0.2, 0.25) is 5.91 Å². The fourth-order valence-electron chi connectivity index (χ4n) is 1.76. The van der Waals surface area contributed by atoms with E-state index in [-0.39, 0.29) is 18.2 Å². The standard InChI is InChI=1S/C13H12BrN3O3S/c14-10-4-3-9(20-10)12(19)15-5-11(18)17-13-16-8(6-21-13)7-1-2-7/h3-4,6-7H,1-2,5H2,(H,15,19)(H,16,17,18). The van der Waals surface area contributed by atoms with Gasteiger partial charge in [0.1, 0.15) is 0 Å². The van der Waals surface area contributed by atoms with E-state index < -0.39 is 5.91 Å². The largest absolute Gasteiger partial charge is 0.444 e. The van der Waals surface area contributed by atoms with Gasteiger partial charge in [-0.1, -0.05) is 0 Å². The molecule has 2 N–H and O–H groups in total. The highest BCUT2D eigenvalue weighted by Crippen LogP contribution is 2.40. The zero-order valence-corrected chi connectivity index (χ0v) is 13.3. The summed E-state index contributed by atoms with van der Waals surface area (Å²) < 4.78 is 5.56. The Morgan fingerprint density at radius 2 is 2.24 bits per heavy atom. The number of carbonyl (C=O) groups is 2. The predicted molar refractivity (Wildman–Crippen MR) is 81.5 cm³/mol. The highest BCUT2D eigenvalue weighted by Gasteiger charge is 2.26. The molecule has 0 unspecified atom stereocenters. The molecule has 0 spiro atoms. The Morgan fingerprint density at radius 3 is 2.90 bits per heavy atom. The number of anilines is 1. The highest BCUT2D eigenvalue weighted by atomic mass is 79.9. The molecule has 0 saturated heterocycles. The maximum absolute atomic E-state index is 11.7. The van der Waals surface area contributed by atoms with Crippen LogP contribution in [0.2, 0.25) is 0 Å². The number of amides is 2. The van der Waals surface area contributed by atoms with Gasteiger partial charge in [-0.15, -0.1) is 11.3 Å². The molecule has 21 heavy (non-hydrogen) atoms. The van der Waals surface area contributed by atoms with Crippen molar-refractivity contribution in [1.82, 2.24) is 10.3 Å². The van der Waals surface area contributed by atoms with E-state index in [1.807, 2.05) is 5.38 Å². The molecule has 110 valence electrons. The third-order valence-corrected chi connectivity index (χ3v) is 4.17. The summed E-state index contributed by atoms with van der Waals surface area (Å²) >= 11 is 4.51. The van der Waals surface area contributed by atoms with Gasteiger partial charge in [-0.2, -0.15) is 0 Å². The van der Waals surface area contributed by atoms with E-state index in [1.165, 1.54) is 30.2 Å². The first-order valence-corrected chi connectivity index (χ1v) is 8.08. The smallest absolute Gasteiger partial charge is 0.287 e. The lowest BCUT2D eigenvalue weighted by molar-refractivity contribution is -0.115. The minimum Gasteiger partial charge on any atom is -0.444 e. The first kappa shape index (κ1) is 14.3. The maximum atomic E-state index is 11.7. The SMILES string of the molecule is O=C(CNC(=O)c1ccc(Br)o1)Nc1nc(C2CC2)cs1. The molecule has 0 aliphatic heterocycles. The van der Waals surface area contributed by atoms with Gasteiger partial charge in [-0.05, 0) is 40.9 Å². The van der Waals surface area contributed by atoms with Gasteiger partial charge in [0, 0.05) is 11.3 Å². The van der Waals surface area contributed by atoms with Crippen LogP contribution in [0.25, 0.3) is 0 Å². The van der Waals surface area contributed by atoms with Crippen molar-refractivity contribution in [2.45, 2.75) is 18.8 Å². The predicted octanol–water partition coefficient (Wildman–Crippen LogP) is 2.74. The molecule has 2 heterocycles. The molecule has 1 aliphatic carbocycles. The van der Waals surface area contributed by atoms with Crippen molar-refractivity contribution in [1.29, 1.82) is 0 Å². The number of rotatable bonds is 5. The van der Waals surface area contributed by atoms with Gasteiger partial charge < -0.3 is 15.1 Å². The lowest BCUT2D eigenvalue weighted by Gasteiger charge is -2.03. The molecule has 2 aromatic rings. The molecule has 6 nitrogen and oxygen atoms in total. The zero-order chi connectivity index (χ0) is 14.8. The summed E-state index contributed by atoms with van der Waals surface area (Å²) in [6.07, 6.45) is 2.35. The monoisotopic (exact) mass is 369 g/mol. The molecule has 0 bridgehead atoms. The quantitative estimate of drug-likeness (QED) is 0.848. The number of aromatic nitrogens is 1. The van der Waals surface area contributed by atoms with Crippen LogP contribution in [0.15, 0.2) is 26.6 Å².